The fraction of sp³-hybridized carbons (Fsp3) is 0.440. The Hall–Kier alpha value is -3.02. The highest BCUT2D eigenvalue weighted by molar-refractivity contribution is 5.95. The molecule has 1 aliphatic heterocycles. The van der Waals surface area contributed by atoms with Crippen molar-refractivity contribution in [1.29, 1.82) is 0 Å². The first-order valence-corrected chi connectivity index (χ1v) is 10.8. The SMILES string of the molecule is COc1ccc(OC)c([C@@H]2CN(C(=O)c3ccccc3)C[C@H]2C(=O)NCCC(C)C)c1. The van der Waals surface area contributed by atoms with Gasteiger partial charge in [-0.2, -0.15) is 0 Å². The van der Waals surface area contributed by atoms with Crippen LogP contribution >= 0.6 is 0 Å². The molecule has 0 radical (unpaired) electrons. The predicted octanol–water partition coefficient (Wildman–Crippen LogP) is 3.72. The molecule has 6 nitrogen and oxygen atoms in total. The molecular weight excluding hydrogens is 392 g/mol. The molecule has 0 saturated carbocycles. The van der Waals surface area contributed by atoms with Gasteiger partial charge in [-0.15, -0.1) is 0 Å². The van der Waals surface area contributed by atoms with Crippen LogP contribution in [-0.4, -0.2) is 50.6 Å². The normalized spacial score (nSPS) is 18.2. The van der Waals surface area contributed by atoms with Gasteiger partial charge in [-0.3, -0.25) is 9.59 Å². The van der Waals surface area contributed by atoms with Crippen molar-refractivity contribution >= 4 is 11.8 Å². The summed E-state index contributed by atoms with van der Waals surface area (Å²) in [6.45, 7) is 5.70. The second kappa shape index (κ2) is 10.3. The molecule has 1 N–H and O–H groups in total. The maximum absolute atomic E-state index is 13.1. The fourth-order valence-electron chi connectivity index (χ4n) is 4.06. The van der Waals surface area contributed by atoms with Crippen LogP contribution < -0.4 is 14.8 Å². The van der Waals surface area contributed by atoms with Gasteiger partial charge in [0.15, 0.2) is 0 Å². The first-order chi connectivity index (χ1) is 14.9. The van der Waals surface area contributed by atoms with Crippen LogP contribution in [0, 0.1) is 11.8 Å². The lowest BCUT2D eigenvalue weighted by molar-refractivity contribution is -0.124. The van der Waals surface area contributed by atoms with Crippen molar-refractivity contribution in [3.63, 3.8) is 0 Å². The second-order valence-electron chi connectivity index (χ2n) is 8.37. The number of likely N-dealkylation sites (tertiary alicyclic amines) is 1. The van der Waals surface area contributed by atoms with E-state index in [-0.39, 0.29) is 23.7 Å². The van der Waals surface area contributed by atoms with E-state index in [2.05, 4.69) is 19.2 Å². The minimum atomic E-state index is -0.360. The molecule has 0 unspecified atom stereocenters. The molecule has 0 spiro atoms. The van der Waals surface area contributed by atoms with Gasteiger partial charge in [0.2, 0.25) is 5.91 Å². The number of carbonyl (C=O) groups excluding carboxylic acids is 2. The lowest BCUT2D eigenvalue weighted by atomic mass is 9.87. The first kappa shape index (κ1) is 22.7. The van der Waals surface area contributed by atoms with Gasteiger partial charge in [-0.1, -0.05) is 32.0 Å². The summed E-state index contributed by atoms with van der Waals surface area (Å²) in [5, 5.41) is 3.07. The van der Waals surface area contributed by atoms with Crippen molar-refractivity contribution in [2.45, 2.75) is 26.2 Å². The summed E-state index contributed by atoms with van der Waals surface area (Å²) < 4.78 is 11.0. The molecule has 166 valence electrons. The van der Waals surface area contributed by atoms with Crippen molar-refractivity contribution in [3.05, 3.63) is 59.7 Å². The third-order valence-corrected chi connectivity index (χ3v) is 5.82. The number of rotatable bonds is 8. The van der Waals surface area contributed by atoms with Crippen molar-refractivity contribution in [1.82, 2.24) is 10.2 Å². The van der Waals surface area contributed by atoms with Crippen molar-refractivity contribution in [2.24, 2.45) is 11.8 Å². The van der Waals surface area contributed by atoms with E-state index >= 15 is 0 Å². The minimum absolute atomic E-state index is 0.0288. The molecule has 2 aromatic rings. The van der Waals surface area contributed by atoms with Crippen LogP contribution in [0.25, 0.3) is 0 Å². The van der Waals surface area contributed by atoms with Gasteiger partial charge in [-0.05, 0) is 42.7 Å². The van der Waals surface area contributed by atoms with Gasteiger partial charge in [0.25, 0.3) is 5.91 Å². The Morgan fingerprint density at radius 2 is 1.81 bits per heavy atom. The molecule has 1 saturated heterocycles. The van der Waals surface area contributed by atoms with E-state index in [1.54, 1.807) is 31.3 Å². The molecule has 3 rings (SSSR count). The number of ether oxygens (including phenoxy) is 2. The van der Waals surface area contributed by atoms with E-state index in [4.69, 9.17) is 9.47 Å². The zero-order chi connectivity index (χ0) is 22.4. The monoisotopic (exact) mass is 424 g/mol. The maximum atomic E-state index is 13.1. The third-order valence-electron chi connectivity index (χ3n) is 5.82. The zero-order valence-electron chi connectivity index (χ0n) is 18.8. The van der Waals surface area contributed by atoms with Gasteiger partial charge in [-0.25, -0.2) is 0 Å². The largest absolute Gasteiger partial charge is 0.497 e. The molecule has 0 bridgehead atoms. The molecule has 0 aromatic heterocycles. The Balaban J connectivity index is 1.89. The smallest absolute Gasteiger partial charge is 0.253 e. The van der Waals surface area contributed by atoms with Gasteiger partial charge in [0, 0.05) is 36.7 Å². The number of benzene rings is 2. The molecule has 6 heteroatoms. The highest BCUT2D eigenvalue weighted by Gasteiger charge is 2.41. The number of amides is 2. The molecule has 2 amide bonds. The highest BCUT2D eigenvalue weighted by atomic mass is 16.5. The van der Waals surface area contributed by atoms with Crippen LogP contribution in [0.2, 0.25) is 0 Å². The van der Waals surface area contributed by atoms with E-state index in [0.717, 1.165) is 12.0 Å². The summed E-state index contributed by atoms with van der Waals surface area (Å²) >= 11 is 0. The molecular formula is C25H32N2O4. The molecule has 0 aliphatic carbocycles. The van der Waals surface area contributed by atoms with Crippen molar-refractivity contribution in [2.75, 3.05) is 33.9 Å². The third kappa shape index (κ3) is 5.37. The number of nitrogens with one attached hydrogen (secondary N) is 1. The van der Waals surface area contributed by atoms with Crippen LogP contribution in [0.3, 0.4) is 0 Å². The maximum Gasteiger partial charge on any atom is 0.253 e. The van der Waals surface area contributed by atoms with Gasteiger partial charge < -0.3 is 19.7 Å². The van der Waals surface area contributed by atoms with Crippen molar-refractivity contribution in [3.8, 4) is 11.5 Å². The van der Waals surface area contributed by atoms with Crippen LogP contribution in [-0.2, 0) is 4.79 Å². The first-order valence-electron chi connectivity index (χ1n) is 10.8. The Morgan fingerprint density at radius 1 is 1.06 bits per heavy atom. The van der Waals surface area contributed by atoms with Gasteiger partial charge in [0.05, 0.1) is 20.1 Å². The Morgan fingerprint density at radius 3 is 2.45 bits per heavy atom. The quantitative estimate of drug-likeness (QED) is 0.701. The van der Waals surface area contributed by atoms with Crippen LogP contribution in [0.15, 0.2) is 48.5 Å². The Kier molecular flexibility index (Phi) is 7.55. The van der Waals surface area contributed by atoms with Gasteiger partial charge >= 0.3 is 0 Å². The minimum Gasteiger partial charge on any atom is -0.497 e. The molecule has 1 aliphatic rings. The van der Waals surface area contributed by atoms with E-state index in [9.17, 15) is 9.59 Å². The standard InChI is InChI=1S/C25H32N2O4/c1-17(2)12-13-26-24(28)22-16-27(25(29)18-8-6-5-7-9-18)15-21(22)20-14-19(30-3)10-11-23(20)31-4/h5-11,14,17,21-22H,12-13,15-16H2,1-4H3,(H,26,28)/t21-,22+/m0/s1. The lowest BCUT2D eigenvalue weighted by Gasteiger charge is -2.21. The number of nitrogens with zero attached hydrogens (tertiary/aromatic N) is 1. The Labute approximate surface area is 184 Å². The summed E-state index contributed by atoms with van der Waals surface area (Å²) in [6.07, 6.45) is 0.915. The average molecular weight is 425 g/mol. The molecule has 1 heterocycles. The van der Waals surface area contributed by atoms with Crippen molar-refractivity contribution < 1.29 is 19.1 Å². The van der Waals surface area contributed by atoms with E-state index in [0.29, 0.717) is 42.6 Å². The summed E-state index contributed by atoms with van der Waals surface area (Å²) in [7, 11) is 3.23. The zero-order valence-corrected chi connectivity index (χ0v) is 18.8. The molecule has 1 fully saturated rings. The van der Waals surface area contributed by atoms with Crippen LogP contribution in [0.1, 0.15) is 42.1 Å². The summed E-state index contributed by atoms with van der Waals surface area (Å²) in [6, 6.07) is 14.8. The number of carbonyl (C=O) groups is 2. The van der Waals surface area contributed by atoms with Crippen LogP contribution in [0.5, 0.6) is 11.5 Å². The predicted molar refractivity (Wildman–Crippen MR) is 121 cm³/mol. The fourth-order valence-corrected chi connectivity index (χ4v) is 4.06. The van der Waals surface area contributed by atoms with E-state index < -0.39 is 0 Å². The van der Waals surface area contributed by atoms with E-state index in [1.165, 1.54) is 0 Å². The van der Waals surface area contributed by atoms with E-state index in [1.807, 2.05) is 36.4 Å². The average Bonchev–Trinajstić information content (AvgIpc) is 3.23. The molecule has 2 aromatic carbocycles. The van der Waals surface area contributed by atoms with Crippen LogP contribution in [0.4, 0.5) is 0 Å². The van der Waals surface area contributed by atoms with Gasteiger partial charge in [0.1, 0.15) is 11.5 Å². The topological polar surface area (TPSA) is 67.9 Å². The second-order valence-corrected chi connectivity index (χ2v) is 8.37. The number of hydrogen-bond acceptors (Lipinski definition) is 4. The lowest BCUT2D eigenvalue weighted by Crippen LogP contribution is -2.36. The number of hydrogen-bond donors (Lipinski definition) is 1. The highest BCUT2D eigenvalue weighted by Crippen LogP contribution is 2.40. The summed E-state index contributed by atoms with van der Waals surface area (Å²) in [5.74, 6) is 1.26. The molecule has 31 heavy (non-hydrogen) atoms. The number of methoxy groups -OCH3 is 2. The summed E-state index contributed by atoms with van der Waals surface area (Å²) in [5.41, 5.74) is 1.51. The summed E-state index contributed by atoms with van der Waals surface area (Å²) in [4.78, 5) is 28.0. The molecule has 2 atom stereocenters. The Bertz CT molecular complexity index is 898.